The predicted octanol–water partition coefficient (Wildman–Crippen LogP) is 3.06. The molecule has 9 heteroatoms. The van der Waals surface area contributed by atoms with Crippen molar-refractivity contribution in [1.29, 1.82) is 0 Å². The normalized spacial score (nSPS) is 10.0. The van der Waals surface area contributed by atoms with Crippen LogP contribution in [0.5, 0.6) is 0 Å². The van der Waals surface area contributed by atoms with Gasteiger partial charge in [0.2, 0.25) is 0 Å². The van der Waals surface area contributed by atoms with E-state index in [0.717, 1.165) is 0 Å². The highest BCUT2D eigenvalue weighted by Gasteiger charge is 2.38. The second kappa shape index (κ2) is 6.70. The van der Waals surface area contributed by atoms with E-state index >= 15 is 0 Å². The van der Waals surface area contributed by atoms with Gasteiger partial charge in [-0.3, -0.25) is 5.32 Å². The van der Waals surface area contributed by atoms with E-state index in [1.165, 1.54) is 0 Å². The molecule has 3 N–H and O–H groups in total. The number of benzene rings is 1. The summed E-state index contributed by atoms with van der Waals surface area (Å²) >= 11 is 5.57. The lowest BCUT2D eigenvalue weighted by atomic mass is 10.3. The monoisotopic (exact) mass is 285 g/mol. The van der Waals surface area contributed by atoms with Crippen LogP contribution in [0.3, 0.4) is 0 Å². The molecule has 0 heterocycles. The van der Waals surface area contributed by atoms with Gasteiger partial charge in [0.25, 0.3) is 0 Å². The predicted molar refractivity (Wildman–Crippen MR) is 56.8 cm³/mol. The summed E-state index contributed by atoms with van der Waals surface area (Å²) in [5.74, 6) is -2.76. The van der Waals surface area contributed by atoms with Crippen LogP contribution in [-0.2, 0) is 4.79 Å². The molecule has 0 saturated carbocycles. The lowest BCUT2D eigenvalue weighted by molar-refractivity contribution is -0.192. The van der Waals surface area contributed by atoms with Crippen molar-refractivity contribution in [3.63, 3.8) is 0 Å². The Hall–Kier alpha value is -1.96. The van der Waals surface area contributed by atoms with Crippen molar-refractivity contribution >= 4 is 29.4 Å². The third-order valence-corrected chi connectivity index (χ3v) is 1.59. The quantitative estimate of drug-likeness (QED) is 0.740. The Labute approximate surface area is 104 Å². The Balaban J connectivity index is 0.000000360. The molecule has 1 rings (SSSR count). The highest BCUT2D eigenvalue weighted by molar-refractivity contribution is 6.30. The SMILES string of the molecule is O=C(O)C(F)(F)F.O=C(O)Nc1ccc(Cl)cc1. The number of aliphatic carboxylic acids is 1. The van der Waals surface area contributed by atoms with Crippen LogP contribution in [0, 0.1) is 0 Å². The van der Waals surface area contributed by atoms with Crippen molar-refractivity contribution in [2.75, 3.05) is 5.32 Å². The second-order valence-electron chi connectivity index (χ2n) is 2.74. The largest absolute Gasteiger partial charge is 0.490 e. The van der Waals surface area contributed by atoms with Crippen LogP contribution >= 0.6 is 11.6 Å². The fourth-order valence-electron chi connectivity index (χ4n) is 0.657. The Morgan fingerprint density at radius 3 is 1.78 bits per heavy atom. The van der Waals surface area contributed by atoms with Gasteiger partial charge in [-0.2, -0.15) is 13.2 Å². The Morgan fingerprint density at radius 2 is 1.50 bits per heavy atom. The molecule has 0 fully saturated rings. The smallest absolute Gasteiger partial charge is 0.475 e. The molecule has 1 aromatic carbocycles. The van der Waals surface area contributed by atoms with Crippen LogP contribution in [0.25, 0.3) is 0 Å². The van der Waals surface area contributed by atoms with E-state index in [9.17, 15) is 18.0 Å². The van der Waals surface area contributed by atoms with Crippen molar-refractivity contribution in [1.82, 2.24) is 0 Å². The van der Waals surface area contributed by atoms with Crippen molar-refractivity contribution in [2.24, 2.45) is 0 Å². The summed E-state index contributed by atoms with van der Waals surface area (Å²) in [6.07, 6.45) is -6.16. The first-order chi connectivity index (χ1) is 8.12. The number of rotatable bonds is 1. The van der Waals surface area contributed by atoms with Crippen LogP contribution in [0.4, 0.5) is 23.7 Å². The average molecular weight is 286 g/mol. The highest BCUT2D eigenvalue weighted by atomic mass is 35.5. The van der Waals surface area contributed by atoms with E-state index in [2.05, 4.69) is 5.32 Å². The molecule has 1 amide bonds. The minimum absolute atomic E-state index is 0.516. The summed E-state index contributed by atoms with van der Waals surface area (Å²) in [7, 11) is 0. The zero-order chi connectivity index (χ0) is 14.3. The number of carboxylic acid groups (broad SMARTS) is 2. The molecule has 0 aromatic heterocycles. The minimum atomic E-state index is -5.08. The molecule has 0 aliphatic rings. The molecule has 0 aliphatic carbocycles. The first kappa shape index (κ1) is 16.0. The lowest BCUT2D eigenvalue weighted by Crippen LogP contribution is -2.21. The molecule has 0 unspecified atom stereocenters. The van der Waals surface area contributed by atoms with Gasteiger partial charge in [-0.15, -0.1) is 0 Å². The maximum absolute atomic E-state index is 10.6. The van der Waals surface area contributed by atoms with Gasteiger partial charge in [0.15, 0.2) is 0 Å². The van der Waals surface area contributed by atoms with Crippen LogP contribution in [0.1, 0.15) is 0 Å². The summed E-state index contributed by atoms with van der Waals surface area (Å²) in [4.78, 5) is 19.0. The van der Waals surface area contributed by atoms with Gasteiger partial charge in [-0.25, -0.2) is 9.59 Å². The van der Waals surface area contributed by atoms with Gasteiger partial charge in [0.05, 0.1) is 0 Å². The summed E-state index contributed by atoms with van der Waals surface area (Å²) in [5, 5.41) is 18.2. The number of carbonyl (C=O) groups is 2. The third-order valence-electron chi connectivity index (χ3n) is 1.34. The maximum Gasteiger partial charge on any atom is 0.490 e. The average Bonchev–Trinajstić information content (AvgIpc) is 2.20. The number of halogens is 4. The molecule has 5 nitrogen and oxygen atoms in total. The molecular formula is C9H7ClF3NO4. The topological polar surface area (TPSA) is 86.6 Å². The molecule has 0 radical (unpaired) electrons. The fourth-order valence-corrected chi connectivity index (χ4v) is 0.783. The molecule has 0 aliphatic heterocycles. The summed E-state index contributed by atoms with van der Waals surface area (Å²) in [5.41, 5.74) is 0.516. The Bertz CT molecular complexity index is 419. The van der Waals surface area contributed by atoms with Gasteiger partial charge < -0.3 is 10.2 Å². The first-order valence-electron chi connectivity index (χ1n) is 4.18. The summed E-state index contributed by atoms with van der Waals surface area (Å²) < 4.78 is 31.7. The lowest BCUT2D eigenvalue weighted by Gasteiger charge is -1.98. The number of alkyl halides is 3. The maximum atomic E-state index is 10.6. The summed E-state index contributed by atoms with van der Waals surface area (Å²) in [6, 6.07) is 6.42. The van der Waals surface area contributed by atoms with Crippen LogP contribution in [-0.4, -0.2) is 28.5 Å². The first-order valence-corrected chi connectivity index (χ1v) is 4.56. The minimum Gasteiger partial charge on any atom is -0.475 e. The van der Waals surface area contributed by atoms with Gasteiger partial charge in [-0.05, 0) is 24.3 Å². The molecule has 0 bridgehead atoms. The molecule has 1 aromatic rings. The number of amides is 1. The van der Waals surface area contributed by atoms with E-state index in [1.807, 2.05) is 0 Å². The molecule has 100 valence electrons. The number of hydrogen-bond acceptors (Lipinski definition) is 2. The van der Waals surface area contributed by atoms with Crippen LogP contribution in [0.2, 0.25) is 5.02 Å². The van der Waals surface area contributed by atoms with Gasteiger partial charge in [0, 0.05) is 10.7 Å². The van der Waals surface area contributed by atoms with E-state index in [1.54, 1.807) is 24.3 Å². The zero-order valence-corrected chi connectivity index (χ0v) is 9.29. The van der Waals surface area contributed by atoms with Crippen LogP contribution < -0.4 is 5.32 Å². The van der Waals surface area contributed by atoms with Crippen molar-refractivity contribution in [3.05, 3.63) is 29.3 Å². The van der Waals surface area contributed by atoms with Crippen molar-refractivity contribution < 1.29 is 33.0 Å². The number of carboxylic acids is 1. The summed E-state index contributed by atoms with van der Waals surface area (Å²) in [6.45, 7) is 0. The van der Waals surface area contributed by atoms with Gasteiger partial charge in [-0.1, -0.05) is 11.6 Å². The highest BCUT2D eigenvalue weighted by Crippen LogP contribution is 2.13. The zero-order valence-electron chi connectivity index (χ0n) is 8.53. The molecule has 0 saturated heterocycles. The van der Waals surface area contributed by atoms with Gasteiger partial charge in [0.1, 0.15) is 0 Å². The molecule has 18 heavy (non-hydrogen) atoms. The van der Waals surface area contributed by atoms with Crippen molar-refractivity contribution in [3.8, 4) is 0 Å². The third kappa shape index (κ3) is 7.34. The van der Waals surface area contributed by atoms with Gasteiger partial charge >= 0.3 is 18.2 Å². The number of nitrogens with one attached hydrogen (secondary N) is 1. The number of hydrogen-bond donors (Lipinski definition) is 3. The number of anilines is 1. The van der Waals surface area contributed by atoms with Crippen LogP contribution in [0.15, 0.2) is 24.3 Å². The van der Waals surface area contributed by atoms with E-state index < -0.39 is 18.2 Å². The molecule has 0 atom stereocenters. The molecular weight excluding hydrogens is 279 g/mol. The van der Waals surface area contributed by atoms with E-state index in [4.69, 9.17) is 26.6 Å². The van der Waals surface area contributed by atoms with Crippen molar-refractivity contribution in [2.45, 2.75) is 6.18 Å². The van der Waals surface area contributed by atoms with E-state index in [-0.39, 0.29) is 0 Å². The van der Waals surface area contributed by atoms with E-state index in [0.29, 0.717) is 10.7 Å². The Kier molecular flexibility index (Phi) is 5.97. The Morgan fingerprint density at radius 1 is 1.11 bits per heavy atom. The standard InChI is InChI=1S/C7H6ClNO2.C2HF3O2/c8-5-1-3-6(4-2-5)9-7(10)11;3-2(4,5)1(6)7/h1-4,9H,(H,10,11);(H,6,7). The second-order valence-corrected chi connectivity index (χ2v) is 3.18. The fraction of sp³-hybridized carbons (Fsp3) is 0.111. The molecule has 0 spiro atoms.